The molecule has 0 bridgehead atoms. The summed E-state index contributed by atoms with van der Waals surface area (Å²) in [7, 11) is 1.95. The first kappa shape index (κ1) is 13.0. The predicted molar refractivity (Wildman–Crippen MR) is 70.9 cm³/mol. The molecule has 1 aliphatic rings. The fraction of sp³-hybridized carbons (Fsp3) is 0.615. The summed E-state index contributed by atoms with van der Waals surface area (Å²) < 4.78 is 1.96. The number of hydrogen-bond donors (Lipinski definition) is 2. The molecule has 0 unspecified atom stereocenters. The molecule has 2 atom stereocenters. The maximum Gasteiger partial charge on any atom is 0.326 e. The molecule has 1 aromatic heterocycles. The molecule has 1 fully saturated rings. The van der Waals surface area contributed by atoms with Crippen LogP contribution in [0.3, 0.4) is 0 Å². The minimum absolute atomic E-state index is 0.272. The van der Waals surface area contributed by atoms with E-state index in [0.717, 1.165) is 31.6 Å². The van der Waals surface area contributed by atoms with E-state index in [9.17, 15) is 9.90 Å². The number of aromatic nitrogens is 1. The van der Waals surface area contributed by atoms with Crippen LogP contribution in [0, 0.1) is 0 Å². The number of carbonyl (C=O) groups is 1. The molecule has 0 aliphatic carbocycles. The Kier molecular flexibility index (Phi) is 3.91. The van der Waals surface area contributed by atoms with Gasteiger partial charge < -0.3 is 19.9 Å². The summed E-state index contributed by atoms with van der Waals surface area (Å²) in [6.07, 6.45) is 5.59. The van der Waals surface area contributed by atoms with Gasteiger partial charge in [-0.1, -0.05) is 6.92 Å². The van der Waals surface area contributed by atoms with Gasteiger partial charge in [-0.05, 0) is 25.5 Å². The van der Waals surface area contributed by atoms with Crippen molar-refractivity contribution in [1.82, 2.24) is 9.88 Å². The van der Waals surface area contributed by atoms with Gasteiger partial charge in [0, 0.05) is 32.0 Å². The van der Waals surface area contributed by atoms with E-state index in [1.807, 2.05) is 35.0 Å². The molecule has 2 N–H and O–H groups in total. The van der Waals surface area contributed by atoms with Gasteiger partial charge in [-0.25, -0.2) is 4.79 Å². The Morgan fingerprint density at radius 2 is 2.33 bits per heavy atom. The number of carboxylic acids is 1. The van der Waals surface area contributed by atoms with E-state index in [4.69, 9.17) is 0 Å². The van der Waals surface area contributed by atoms with Crippen molar-refractivity contribution in [3.05, 3.63) is 18.5 Å². The zero-order valence-corrected chi connectivity index (χ0v) is 11.0. The molecule has 100 valence electrons. The van der Waals surface area contributed by atoms with Crippen molar-refractivity contribution in [1.29, 1.82) is 0 Å². The van der Waals surface area contributed by atoms with Crippen LogP contribution in [0.4, 0.5) is 5.69 Å². The number of aryl methyl sites for hydroxylation is 1. The van der Waals surface area contributed by atoms with Gasteiger partial charge in [-0.15, -0.1) is 0 Å². The molecule has 0 aromatic carbocycles. The normalized spacial score (nSPS) is 23.6. The maximum atomic E-state index is 11.3. The molecule has 0 spiro atoms. The van der Waals surface area contributed by atoms with Crippen molar-refractivity contribution < 1.29 is 9.90 Å². The molecule has 18 heavy (non-hydrogen) atoms. The Balaban J connectivity index is 2.19. The van der Waals surface area contributed by atoms with E-state index in [1.165, 1.54) is 0 Å². The number of anilines is 1. The molecule has 0 radical (unpaired) electrons. The lowest BCUT2D eigenvalue weighted by Crippen LogP contribution is -2.45. The zero-order chi connectivity index (χ0) is 13.1. The Labute approximate surface area is 107 Å². The number of aliphatic carboxylic acids is 1. The fourth-order valence-electron chi connectivity index (χ4n) is 2.67. The number of hydrogen-bond acceptors (Lipinski definition) is 3. The number of nitrogens with zero attached hydrogens (tertiary/aromatic N) is 2. The average molecular weight is 251 g/mol. The quantitative estimate of drug-likeness (QED) is 0.821. The smallest absolute Gasteiger partial charge is 0.326 e. The number of nitrogens with one attached hydrogen (secondary N) is 1. The van der Waals surface area contributed by atoms with Crippen molar-refractivity contribution in [3.8, 4) is 0 Å². The minimum Gasteiger partial charge on any atom is -0.480 e. The monoisotopic (exact) mass is 251 g/mol. The SMILES string of the molecule is CCNC[C@@H]1CC[C@H](C(=O)O)N1c1ccn(C)c1. The molecule has 0 amide bonds. The van der Waals surface area contributed by atoms with E-state index in [-0.39, 0.29) is 6.04 Å². The Hall–Kier alpha value is -1.49. The number of carboxylic acid groups (broad SMARTS) is 1. The summed E-state index contributed by atoms with van der Waals surface area (Å²) in [5.41, 5.74) is 1.00. The summed E-state index contributed by atoms with van der Waals surface area (Å²) in [5.74, 6) is -0.724. The topological polar surface area (TPSA) is 57.5 Å². The highest BCUT2D eigenvalue weighted by atomic mass is 16.4. The van der Waals surface area contributed by atoms with E-state index >= 15 is 0 Å². The third-order valence-electron chi connectivity index (χ3n) is 3.53. The van der Waals surface area contributed by atoms with Crippen LogP contribution in [-0.2, 0) is 11.8 Å². The molecule has 2 rings (SSSR count). The molecule has 1 aromatic rings. The number of rotatable bonds is 5. The van der Waals surface area contributed by atoms with Crippen molar-refractivity contribution in [2.24, 2.45) is 7.05 Å². The second kappa shape index (κ2) is 5.44. The third-order valence-corrected chi connectivity index (χ3v) is 3.53. The van der Waals surface area contributed by atoms with Crippen molar-refractivity contribution >= 4 is 11.7 Å². The lowest BCUT2D eigenvalue weighted by atomic mass is 10.2. The minimum atomic E-state index is -0.724. The van der Waals surface area contributed by atoms with E-state index in [1.54, 1.807) is 0 Å². The van der Waals surface area contributed by atoms with Crippen LogP contribution in [0.1, 0.15) is 19.8 Å². The average Bonchev–Trinajstić information content (AvgIpc) is 2.91. The van der Waals surface area contributed by atoms with E-state index < -0.39 is 12.0 Å². The molecule has 2 heterocycles. The van der Waals surface area contributed by atoms with Gasteiger partial charge >= 0.3 is 5.97 Å². The predicted octanol–water partition coefficient (Wildman–Crippen LogP) is 1.06. The maximum absolute atomic E-state index is 11.3. The van der Waals surface area contributed by atoms with Crippen molar-refractivity contribution in [2.45, 2.75) is 31.8 Å². The van der Waals surface area contributed by atoms with Gasteiger partial charge in [0.05, 0.1) is 5.69 Å². The summed E-state index contributed by atoms with van der Waals surface area (Å²) in [4.78, 5) is 13.4. The van der Waals surface area contributed by atoms with Crippen LogP contribution in [0.25, 0.3) is 0 Å². The Bertz CT molecular complexity index is 416. The van der Waals surface area contributed by atoms with Crippen LogP contribution in [0.15, 0.2) is 18.5 Å². The zero-order valence-electron chi connectivity index (χ0n) is 11.0. The summed E-state index contributed by atoms with van der Waals surface area (Å²) >= 11 is 0. The van der Waals surface area contributed by atoms with Crippen LogP contribution >= 0.6 is 0 Å². The van der Waals surface area contributed by atoms with Crippen LogP contribution < -0.4 is 10.2 Å². The molecule has 5 heteroatoms. The van der Waals surface area contributed by atoms with Gasteiger partial charge in [0.25, 0.3) is 0 Å². The summed E-state index contributed by atoms with van der Waals surface area (Å²) in [6, 6.07) is 1.87. The first-order valence-corrected chi connectivity index (χ1v) is 6.47. The molecule has 0 saturated carbocycles. The van der Waals surface area contributed by atoms with Crippen molar-refractivity contribution in [3.63, 3.8) is 0 Å². The van der Waals surface area contributed by atoms with Crippen LogP contribution in [0.5, 0.6) is 0 Å². The van der Waals surface area contributed by atoms with Gasteiger partial charge in [0.2, 0.25) is 0 Å². The third kappa shape index (κ3) is 2.51. The van der Waals surface area contributed by atoms with Gasteiger partial charge in [0.1, 0.15) is 6.04 Å². The van der Waals surface area contributed by atoms with Gasteiger partial charge in [-0.3, -0.25) is 0 Å². The standard InChI is InChI=1S/C13H21N3O2/c1-3-14-8-10-4-5-12(13(17)18)16(10)11-6-7-15(2)9-11/h6-7,9-10,12,14H,3-5,8H2,1-2H3,(H,17,18)/t10-,12+/m0/s1. The molecular weight excluding hydrogens is 230 g/mol. The van der Waals surface area contributed by atoms with Crippen LogP contribution in [0.2, 0.25) is 0 Å². The highest BCUT2D eigenvalue weighted by Crippen LogP contribution is 2.30. The number of likely N-dealkylation sites (N-methyl/N-ethyl adjacent to an activating group) is 1. The van der Waals surface area contributed by atoms with Crippen LogP contribution in [-0.4, -0.2) is 40.8 Å². The Morgan fingerprint density at radius 3 is 2.89 bits per heavy atom. The first-order valence-electron chi connectivity index (χ1n) is 6.47. The molecule has 5 nitrogen and oxygen atoms in total. The second-order valence-corrected chi connectivity index (χ2v) is 4.84. The lowest BCUT2D eigenvalue weighted by molar-refractivity contribution is -0.138. The largest absolute Gasteiger partial charge is 0.480 e. The van der Waals surface area contributed by atoms with Gasteiger partial charge in [0.15, 0.2) is 0 Å². The highest BCUT2D eigenvalue weighted by molar-refractivity contribution is 5.79. The van der Waals surface area contributed by atoms with Gasteiger partial charge in [-0.2, -0.15) is 0 Å². The fourth-order valence-corrected chi connectivity index (χ4v) is 2.67. The summed E-state index contributed by atoms with van der Waals surface area (Å²) in [5, 5.41) is 12.6. The Morgan fingerprint density at radius 1 is 1.56 bits per heavy atom. The van der Waals surface area contributed by atoms with E-state index in [0.29, 0.717) is 0 Å². The van der Waals surface area contributed by atoms with Crippen molar-refractivity contribution in [2.75, 3.05) is 18.0 Å². The first-order chi connectivity index (χ1) is 8.63. The lowest BCUT2D eigenvalue weighted by Gasteiger charge is -2.29. The molecule has 1 aliphatic heterocycles. The molecule has 1 saturated heterocycles. The molecular formula is C13H21N3O2. The summed E-state index contributed by atoms with van der Waals surface area (Å²) in [6.45, 7) is 3.82. The van der Waals surface area contributed by atoms with E-state index in [2.05, 4.69) is 12.2 Å². The highest BCUT2D eigenvalue weighted by Gasteiger charge is 2.37. The second-order valence-electron chi connectivity index (χ2n) is 4.84.